The van der Waals surface area contributed by atoms with Crippen LogP contribution in [0.15, 0.2) is 18.2 Å². The largest absolute Gasteiger partial charge is 0.497 e. The van der Waals surface area contributed by atoms with Gasteiger partial charge in [0.25, 0.3) is 0 Å². The van der Waals surface area contributed by atoms with Crippen molar-refractivity contribution in [2.24, 2.45) is 0 Å². The molecule has 0 radical (unpaired) electrons. The van der Waals surface area contributed by atoms with Crippen LogP contribution in [0.4, 0.5) is 0 Å². The fourth-order valence-electron chi connectivity index (χ4n) is 2.48. The molecule has 124 valence electrons. The highest BCUT2D eigenvalue weighted by molar-refractivity contribution is 7.11. The zero-order valence-electron chi connectivity index (χ0n) is 14.1. The summed E-state index contributed by atoms with van der Waals surface area (Å²) < 4.78 is 10.5. The van der Waals surface area contributed by atoms with E-state index in [0.29, 0.717) is 11.5 Å². The monoisotopic (exact) mass is 334 g/mol. The van der Waals surface area contributed by atoms with E-state index in [9.17, 15) is 4.79 Å². The van der Waals surface area contributed by atoms with Crippen molar-refractivity contribution in [2.45, 2.75) is 33.2 Å². The second-order valence-electron chi connectivity index (χ2n) is 5.32. The first-order chi connectivity index (χ1) is 10.9. The molecule has 0 aliphatic heterocycles. The summed E-state index contributed by atoms with van der Waals surface area (Å²) >= 11 is 1.64. The summed E-state index contributed by atoms with van der Waals surface area (Å²) in [4.78, 5) is 17.9. The molecular formula is C17H22N2O3S. The van der Waals surface area contributed by atoms with Crippen molar-refractivity contribution in [3.8, 4) is 11.5 Å². The highest BCUT2D eigenvalue weighted by Crippen LogP contribution is 2.26. The Balaban J connectivity index is 2.06. The first-order valence-electron chi connectivity index (χ1n) is 7.38. The maximum atomic E-state index is 12.3. The summed E-state index contributed by atoms with van der Waals surface area (Å²) in [7, 11) is 3.18. The average molecular weight is 334 g/mol. The van der Waals surface area contributed by atoms with Crippen LogP contribution in [0.5, 0.6) is 11.5 Å². The van der Waals surface area contributed by atoms with E-state index in [1.165, 1.54) is 0 Å². The molecular weight excluding hydrogens is 312 g/mol. The molecule has 0 unspecified atom stereocenters. The van der Waals surface area contributed by atoms with Crippen LogP contribution in [0.1, 0.15) is 34.1 Å². The van der Waals surface area contributed by atoms with Crippen LogP contribution in [0.3, 0.4) is 0 Å². The van der Waals surface area contributed by atoms with Gasteiger partial charge in [0, 0.05) is 16.5 Å². The van der Waals surface area contributed by atoms with Crippen molar-refractivity contribution in [2.75, 3.05) is 14.2 Å². The molecule has 1 heterocycles. The van der Waals surface area contributed by atoms with E-state index in [4.69, 9.17) is 9.47 Å². The molecule has 1 atom stereocenters. The number of nitrogens with one attached hydrogen (secondary N) is 1. The van der Waals surface area contributed by atoms with Crippen LogP contribution in [-0.4, -0.2) is 25.1 Å². The Bertz CT molecular complexity index is 697. The number of aryl methyl sites for hydroxylation is 2. The minimum Gasteiger partial charge on any atom is -0.497 e. The third-order valence-electron chi connectivity index (χ3n) is 3.57. The number of hydrogen-bond acceptors (Lipinski definition) is 5. The Morgan fingerprint density at radius 1 is 1.30 bits per heavy atom. The molecule has 1 aromatic heterocycles. The summed E-state index contributed by atoms with van der Waals surface area (Å²) in [5.41, 5.74) is 1.76. The van der Waals surface area contributed by atoms with E-state index in [1.54, 1.807) is 31.6 Å². The smallest absolute Gasteiger partial charge is 0.225 e. The van der Waals surface area contributed by atoms with E-state index >= 15 is 0 Å². The fourth-order valence-corrected chi connectivity index (χ4v) is 3.39. The number of rotatable bonds is 6. The third-order valence-corrected chi connectivity index (χ3v) is 4.47. The van der Waals surface area contributed by atoms with Gasteiger partial charge in [-0.25, -0.2) is 4.98 Å². The van der Waals surface area contributed by atoms with Gasteiger partial charge in [-0.1, -0.05) is 6.07 Å². The lowest BCUT2D eigenvalue weighted by atomic mass is 10.1. The Kier molecular flexibility index (Phi) is 5.60. The molecule has 0 saturated heterocycles. The average Bonchev–Trinajstić information content (AvgIpc) is 2.86. The quantitative estimate of drug-likeness (QED) is 0.881. The topological polar surface area (TPSA) is 60.5 Å². The lowest BCUT2D eigenvalue weighted by Gasteiger charge is -2.14. The molecule has 0 fully saturated rings. The van der Waals surface area contributed by atoms with Crippen LogP contribution < -0.4 is 14.8 Å². The lowest BCUT2D eigenvalue weighted by Crippen LogP contribution is -2.28. The summed E-state index contributed by atoms with van der Waals surface area (Å²) in [5.74, 6) is 1.28. The molecule has 0 bridgehead atoms. The van der Waals surface area contributed by atoms with Crippen molar-refractivity contribution < 1.29 is 14.3 Å². The zero-order valence-corrected chi connectivity index (χ0v) is 14.9. The van der Waals surface area contributed by atoms with E-state index in [2.05, 4.69) is 10.3 Å². The van der Waals surface area contributed by atoms with Gasteiger partial charge in [0.1, 0.15) is 11.5 Å². The molecule has 0 aliphatic carbocycles. The number of benzene rings is 1. The predicted octanol–water partition coefficient (Wildman–Crippen LogP) is 3.20. The van der Waals surface area contributed by atoms with Crippen LogP contribution >= 0.6 is 11.3 Å². The van der Waals surface area contributed by atoms with Gasteiger partial charge in [-0.05, 0) is 26.8 Å². The molecule has 1 N–H and O–H groups in total. The molecule has 23 heavy (non-hydrogen) atoms. The minimum absolute atomic E-state index is 0.0639. The molecule has 2 rings (SSSR count). The summed E-state index contributed by atoms with van der Waals surface area (Å²) in [6, 6.07) is 5.33. The number of methoxy groups -OCH3 is 2. The van der Waals surface area contributed by atoms with Gasteiger partial charge in [0.05, 0.1) is 37.4 Å². The van der Waals surface area contributed by atoms with E-state index < -0.39 is 0 Å². The van der Waals surface area contributed by atoms with Crippen LogP contribution in [0.25, 0.3) is 0 Å². The lowest BCUT2D eigenvalue weighted by molar-refractivity contribution is -0.121. The first kappa shape index (κ1) is 17.3. The zero-order chi connectivity index (χ0) is 17.0. The van der Waals surface area contributed by atoms with Crippen molar-refractivity contribution in [1.29, 1.82) is 0 Å². The molecule has 0 aliphatic rings. The number of carbonyl (C=O) groups excluding carboxylic acids is 1. The van der Waals surface area contributed by atoms with Gasteiger partial charge in [-0.3, -0.25) is 4.79 Å². The Morgan fingerprint density at radius 3 is 2.61 bits per heavy atom. The third kappa shape index (κ3) is 4.22. The van der Waals surface area contributed by atoms with Crippen molar-refractivity contribution in [3.05, 3.63) is 39.3 Å². The number of amides is 1. The van der Waals surface area contributed by atoms with E-state index in [1.807, 2.05) is 32.9 Å². The van der Waals surface area contributed by atoms with Gasteiger partial charge in [0.15, 0.2) is 0 Å². The number of aromatic nitrogens is 1. The number of thiazole rings is 1. The maximum absolute atomic E-state index is 12.3. The Hall–Kier alpha value is -2.08. The van der Waals surface area contributed by atoms with E-state index in [0.717, 1.165) is 21.1 Å². The summed E-state index contributed by atoms with van der Waals surface area (Å²) in [6.45, 7) is 5.94. The molecule has 2 aromatic rings. The van der Waals surface area contributed by atoms with Crippen molar-refractivity contribution in [1.82, 2.24) is 10.3 Å². The molecule has 6 heteroatoms. The number of carbonyl (C=O) groups is 1. The fraction of sp³-hybridized carbons (Fsp3) is 0.412. The molecule has 1 aromatic carbocycles. The van der Waals surface area contributed by atoms with Crippen LogP contribution in [0, 0.1) is 13.8 Å². The minimum atomic E-state index is -0.114. The maximum Gasteiger partial charge on any atom is 0.225 e. The van der Waals surface area contributed by atoms with Gasteiger partial charge < -0.3 is 14.8 Å². The second kappa shape index (κ2) is 7.46. The normalized spacial score (nSPS) is 11.9. The van der Waals surface area contributed by atoms with Gasteiger partial charge in [-0.2, -0.15) is 0 Å². The SMILES string of the molecule is COc1ccc(CC(=O)N[C@H](C)c2nc(C)sc2C)c(OC)c1. The number of ether oxygens (including phenoxy) is 2. The van der Waals surface area contributed by atoms with Gasteiger partial charge in [0.2, 0.25) is 5.91 Å². The second-order valence-corrected chi connectivity index (χ2v) is 6.73. The molecule has 1 amide bonds. The van der Waals surface area contributed by atoms with E-state index in [-0.39, 0.29) is 18.4 Å². The Morgan fingerprint density at radius 2 is 2.04 bits per heavy atom. The van der Waals surface area contributed by atoms with Crippen molar-refractivity contribution >= 4 is 17.2 Å². The van der Waals surface area contributed by atoms with Crippen LogP contribution in [-0.2, 0) is 11.2 Å². The summed E-state index contributed by atoms with van der Waals surface area (Å²) in [6.07, 6.45) is 0.250. The molecule has 5 nitrogen and oxygen atoms in total. The molecule has 0 saturated carbocycles. The Labute approximate surface area is 140 Å². The number of hydrogen-bond donors (Lipinski definition) is 1. The highest BCUT2D eigenvalue weighted by Gasteiger charge is 2.17. The predicted molar refractivity (Wildman–Crippen MR) is 91.4 cm³/mol. The standard InChI is InChI=1S/C17H22N2O3S/c1-10(17-11(2)23-12(3)19-17)18-16(20)8-13-6-7-14(21-4)9-15(13)22-5/h6-7,9-10H,8H2,1-5H3,(H,18,20)/t10-/m1/s1. The summed E-state index contributed by atoms with van der Waals surface area (Å²) in [5, 5.41) is 4.01. The first-order valence-corrected chi connectivity index (χ1v) is 8.20. The van der Waals surface area contributed by atoms with Crippen LogP contribution in [0.2, 0.25) is 0 Å². The van der Waals surface area contributed by atoms with Gasteiger partial charge >= 0.3 is 0 Å². The van der Waals surface area contributed by atoms with Crippen molar-refractivity contribution in [3.63, 3.8) is 0 Å². The molecule has 0 spiro atoms. The van der Waals surface area contributed by atoms with Gasteiger partial charge in [-0.15, -0.1) is 11.3 Å². The highest BCUT2D eigenvalue weighted by atomic mass is 32.1. The number of nitrogens with zero attached hydrogens (tertiary/aromatic N) is 1.